The third kappa shape index (κ3) is 2.59. The fourth-order valence-electron chi connectivity index (χ4n) is 2.01. The van der Waals surface area contributed by atoms with Crippen molar-refractivity contribution in [1.82, 2.24) is 5.32 Å². The van der Waals surface area contributed by atoms with E-state index in [1.807, 2.05) is 19.2 Å². The van der Waals surface area contributed by atoms with Gasteiger partial charge in [0.25, 0.3) is 0 Å². The Labute approximate surface area is 103 Å². The van der Waals surface area contributed by atoms with Crippen molar-refractivity contribution >= 4 is 0 Å². The lowest BCUT2D eigenvalue weighted by molar-refractivity contribution is 0.507. The number of hydrogen-bond acceptors (Lipinski definition) is 2. The molecule has 0 saturated carbocycles. The van der Waals surface area contributed by atoms with Crippen LogP contribution in [0.25, 0.3) is 11.3 Å². The molecule has 2 nitrogen and oxygen atoms in total. The first-order valence-corrected chi connectivity index (χ1v) is 6.07. The van der Waals surface area contributed by atoms with Gasteiger partial charge < -0.3 is 9.73 Å². The lowest BCUT2D eigenvalue weighted by atomic mass is 10.0. The Morgan fingerprint density at radius 1 is 1.18 bits per heavy atom. The molecule has 0 amide bonds. The molecule has 1 aromatic heterocycles. The molecule has 2 aromatic rings. The van der Waals surface area contributed by atoms with Crippen molar-refractivity contribution in [3.8, 4) is 11.3 Å². The van der Waals surface area contributed by atoms with Gasteiger partial charge in [-0.2, -0.15) is 0 Å². The van der Waals surface area contributed by atoms with Crippen LogP contribution in [-0.4, -0.2) is 7.05 Å². The van der Waals surface area contributed by atoms with Gasteiger partial charge in [0.1, 0.15) is 11.5 Å². The van der Waals surface area contributed by atoms with Gasteiger partial charge >= 0.3 is 0 Å². The molecule has 1 heterocycles. The summed E-state index contributed by atoms with van der Waals surface area (Å²) in [7, 11) is 1.92. The van der Waals surface area contributed by atoms with Crippen molar-refractivity contribution in [2.45, 2.75) is 26.8 Å². The van der Waals surface area contributed by atoms with Gasteiger partial charge in [0.05, 0.1) is 6.54 Å². The summed E-state index contributed by atoms with van der Waals surface area (Å²) in [6.07, 6.45) is 1.06. The largest absolute Gasteiger partial charge is 0.460 e. The van der Waals surface area contributed by atoms with E-state index in [1.54, 1.807) is 0 Å². The number of rotatable bonds is 4. The Kier molecular flexibility index (Phi) is 3.64. The highest BCUT2D eigenvalue weighted by molar-refractivity contribution is 5.59. The molecular weight excluding hydrogens is 210 g/mol. The van der Waals surface area contributed by atoms with Gasteiger partial charge in [0, 0.05) is 5.56 Å². The Balaban J connectivity index is 2.32. The number of aryl methyl sites for hydroxylation is 2. The second-order valence-corrected chi connectivity index (χ2v) is 4.29. The van der Waals surface area contributed by atoms with Crippen LogP contribution in [0.4, 0.5) is 0 Å². The van der Waals surface area contributed by atoms with Crippen LogP contribution in [0.1, 0.15) is 23.8 Å². The van der Waals surface area contributed by atoms with E-state index in [0.717, 1.165) is 30.0 Å². The zero-order chi connectivity index (χ0) is 12.3. The molecule has 2 heteroatoms. The van der Waals surface area contributed by atoms with Crippen molar-refractivity contribution in [2.24, 2.45) is 0 Å². The Bertz CT molecular complexity index is 499. The third-order valence-corrected chi connectivity index (χ3v) is 3.03. The minimum absolute atomic E-state index is 0.770. The molecule has 0 radical (unpaired) electrons. The molecule has 90 valence electrons. The minimum Gasteiger partial charge on any atom is -0.460 e. The standard InChI is InChI=1S/C15H19NO/c1-4-12-9-13(6-5-11(12)2)15-8-7-14(17-15)10-16-3/h5-9,16H,4,10H2,1-3H3. The van der Waals surface area contributed by atoms with E-state index in [9.17, 15) is 0 Å². The second-order valence-electron chi connectivity index (χ2n) is 4.29. The molecule has 0 aliphatic heterocycles. The molecule has 0 aliphatic carbocycles. The molecule has 0 fully saturated rings. The fourth-order valence-corrected chi connectivity index (χ4v) is 2.01. The van der Waals surface area contributed by atoms with E-state index in [-0.39, 0.29) is 0 Å². The lowest BCUT2D eigenvalue weighted by Crippen LogP contribution is -2.03. The Hall–Kier alpha value is -1.54. The zero-order valence-electron chi connectivity index (χ0n) is 10.7. The third-order valence-electron chi connectivity index (χ3n) is 3.03. The fraction of sp³-hybridized carbons (Fsp3) is 0.333. The summed E-state index contributed by atoms with van der Waals surface area (Å²) in [5, 5.41) is 3.09. The quantitative estimate of drug-likeness (QED) is 0.867. The van der Waals surface area contributed by atoms with E-state index < -0.39 is 0 Å². The number of nitrogens with one attached hydrogen (secondary N) is 1. The van der Waals surface area contributed by atoms with Crippen LogP contribution in [0.15, 0.2) is 34.7 Å². The van der Waals surface area contributed by atoms with Crippen LogP contribution in [0.5, 0.6) is 0 Å². The van der Waals surface area contributed by atoms with Crippen LogP contribution in [0, 0.1) is 6.92 Å². The van der Waals surface area contributed by atoms with Gasteiger partial charge in [-0.3, -0.25) is 0 Å². The molecule has 0 spiro atoms. The first-order chi connectivity index (χ1) is 8.24. The predicted octanol–water partition coefficient (Wildman–Crippen LogP) is 3.54. The van der Waals surface area contributed by atoms with E-state index in [4.69, 9.17) is 4.42 Å². The summed E-state index contributed by atoms with van der Waals surface area (Å²) in [4.78, 5) is 0. The first kappa shape index (κ1) is 11.9. The number of furan rings is 1. The molecule has 0 aliphatic rings. The summed E-state index contributed by atoms with van der Waals surface area (Å²) in [6, 6.07) is 10.6. The maximum atomic E-state index is 5.79. The normalized spacial score (nSPS) is 10.8. The zero-order valence-corrected chi connectivity index (χ0v) is 10.7. The van der Waals surface area contributed by atoms with Gasteiger partial charge in [-0.05, 0) is 49.7 Å². The molecule has 0 atom stereocenters. The molecule has 1 N–H and O–H groups in total. The van der Waals surface area contributed by atoms with Crippen molar-refractivity contribution < 1.29 is 4.42 Å². The topological polar surface area (TPSA) is 25.2 Å². The molecule has 0 saturated heterocycles. The summed E-state index contributed by atoms with van der Waals surface area (Å²) in [5.41, 5.74) is 3.89. The molecule has 2 rings (SSSR count). The summed E-state index contributed by atoms with van der Waals surface area (Å²) in [5.74, 6) is 1.92. The molecular formula is C15H19NO. The summed E-state index contributed by atoms with van der Waals surface area (Å²) >= 11 is 0. The van der Waals surface area contributed by atoms with Gasteiger partial charge in [-0.25, -0.2) is 0 Å². The lowest BCUT2D eigenvalue weighted by Gasteiger charge is -2.05. The van der Waals surface area contributed by atoms with Crippen molar-refractivity contribution in [1.29, 1.82) is 0 Å². The number of hydrogen-bond donors (Lipinski definition) is 1. The SMILES string of the molecule is CCc1cc(-c2ccc(CNC)o2)ccc1C. The van der Waals surface area contributed by atoms with Gasteiger partial charge in [-0.15, -0.1) is 0 Å². The highest BCUT2D eigenvalue weighted by Gasteiger charge is 2.06. The van der Waals surface area contributed by atoms with Crippen molar-refractivity contribution in [3.63, 3.8) is 0 Å². The highest BCUT2D eigenvalue weighted by atomic mass is 16.3. The smallest absolute Gasteiger partial charge is 0.134 e. The highest BCUT2D eigenvalue weighted by Crippen LogP contribution is 2.24. The number of benzene rings is 1. The van der Waals surface area contributed by atoms with Crippen molar-refractivity contribution in [2.75, 3.05) is 7.05 Å². The maximum absolute atomic E-state index is 5.79. The van der Waals surface area contributed by atoms with Crippen LogP contribution >= 0.6 is 0 Å². The van der Waals surface area contributed by atoms with Gasteiger partial charge in [0.15, 0.2) is 0 Å². The van der Waals surface area contributed by atoms with Crippen LogP contribution in [0.3, 0.4) is 0 Å². The second kappa shape index (κ2) is 5.19. The minimum atomic E-state index is 0.770. The molecule has 0 bridgehead atoms. The average molecular weight is 229 g/mol. The molecule has 0 unspecified atom stereocenters. The summed E-state index contributed by atoms with van der Waals surface area (Å²) in [6.45, 7) is 5.10. The Morgan fingerprint density at radius 2 is 2.00 bits per heavy atom. The van der Waals surface area contributed by atoms with E-state index in [2.05, 4.69) is 37.4 Å². The van der Waals surface area contributed by atoms with Crippen LogP contribution < -0.4 is 5.32 Å². The first-order valence-electron chi connectivity index (χ1n) is 6.07. The molecule has 1 aromatic carbocycles. The monoisotopic (exact) mass is 229 g/mol. The predicted molar refractivity (Wildman–Crippen MR) is 71.0 cm³/mol. The van der Waals surface area contributed by atoms with Crippen LogP contribution in [-0.2, 0) is 13.0 Å². The van der Waals surface area contributed by atoms with Crippen molar-refractivity contribution in [3.05, 3.63) is 47.2 Å². The maximum Gasteiger partial charge on any atom is 0.134 e. The Morgan fingerprint density at radius 3 is 2.71 bits per heavy atom. The van der Waals surface area contributed by atoms with Gasteiger partial charge in [0.2, 0.25) is 0 Å². The van der Waals surface area contributed by atoms with E-state index >= 15 is 0 Å². The average Bonchev–Trinajstić information content (AvgIpc) is 2.79. The van der Waals surface area contributed by atoms with Crippen LogP contribution in [0.2, 0.25) is 0 Å². The molecule has 17 heavy (non-hydrogen) atoms. The van der Waals surface area contributed by atoms with E-state index in [0.29, 0.717) is 0 Å². The summed E-state index contributed by atoms with van der Waals surface area (Å²) < 4.78 is 5.79. The van der Waals surface area contributed by atoms with Gasteiger partial charge in [-0.1, -0.05) is 19.1 Å². The van der Waals surface area contributed by atoms with E-state index in [1.165, 1.54) is 11.1 Å².